The van der Waals surface area contributed by atoms with Crippen LogP contribution in [0.4, 0.5) is 0 Å². The van der Waals surface area contributed by atoms with Crippen LogP contribution in [0.2, 0.25) is 0 Å². The average molecular weight is 317 g/mol. The quantitative estimate of drug-likeness (QED) is 0.505. The molecule has 2 heterocycles. The third kappa shape index (κ3) is 2.36. The summed E-state index contributed by atoms with van der Waals surface area (Å²) in [6.45, 7) is -0.0415. The number of carbonyl (C=O) groups is 2. The number of amides is 1. The summed E-state index contributed by atoms with van der Waals surface area (Å²) in [5.74, 6) is -0.388. The lowest BCUT2D eigenvalue weighted by atomic mass is 10.1. The first-order chi connectivity index (χ1) is 11.7. The molecule has 24 heavy (non-hydrogen) atoms. The second-order valence-corrected chi connectivity index (χ2v) is 5.60. The van der Waals surface area contributed by atoms with Crippen LogP contribution in [0.1, 0.15) is 20.7 Å². The zero-order valence-electron chi connectivity index (χ0n) is 12.8. The molecule has 0 aliphatic heterocycles. The Balaban J connectivity index is 1.52. The van der Waals surface area contributed by atoms with Gasteiger partial charge in [0.25, 0.3) is 5.91 Å². The Morgan fingerprint density at radius 3 is 2.00 bits per heavy atom. The van der Waals surface area contributed by atoms with Gasteiger partial charge < -0.3 is 15.3 Å². The molecule has 2 aromatic heterocycles. The van der Waals surface area contributed by atoms with Crippen molar-refractivity contribution in [1.29, 1.82) is 0 Å². The van der Waals surface area contributed by atoms with E-state index in [-0.39, 0.29) is 18.2 Å². The number of Topliss-reactive ketones (excluding diaryl/α,β-unsaturated/α-hetero) is 1. The van der Waals surface area contributed by atoms with E-state index in [0.29, 0.717) is 11.1 Å². The van der Waals surface area contributed by atoms with E-state index in [9.17, 15) is 9.59 Å². The van der Waals surface area contributed by atoms with Gasteiger partial charge in [-0.1, -0.05) is 36.4 Å². The van der Waals surface area contributed by atoms with Crippen molar-refractivity contribution in [3.63, 3.8) is 0 Å². The summed E-state index contributed by atoms with van der Waals surface area (Å²) in [5, 5.41) is 4.41. The number of aromatic amines is 2. The zero-order valence-corrected chi connectivity index (χ0v) is 12.8. The Kier molecular flexibility index (Phi) is 3.39. The summed E-state index contributed by atoms with van der Waals surface area (Å²) in [5.41, 5.74) is 2.93. The van der Waals surface area contributed by atoms with Gasteiger partial charge in [-0.25, -0.2) is 0 Å². The van der Waals surface area contributed by atoms with E-state index in [1.165, 1.54) is 0 Å². The van der Waals surface area contributed by atoms with Gasteiger partial charge in [0.1, 0.15) is 0 Å². The van der Waals surface area contributed by atoms with E-state index in [2.05, 4.69) is 15.3 Å². The maximum Gasteiger partial charge on any atom is 0.253 e. The molecule has 0 radical (unpaired) electrons. The Morgan fingerprint density at radius 2 is 1.33 bits per heavy atom. The first kappa shape index (κ1) is 14.3. The predicted molar refractivity (Wildman–Crippen MR) is 93.3 cm³/mol. The molecule has 0 fully saturated rings. The zero-order chi connectivity index (χ0) is 16.5. The molecule has 5 nitrogen and oxygen atoms in total. The molecule has 0 spiro atoms. The summed E-state index contributed by atoms with van der Waals surface area (Å²) >= 11 is 0. The highest BCUT2D eigenvalue weighted by molar-refractivity contribution is 6.12. The lowest BCUT2D eigenvalue weighted by Gasteiger charge is -2.03. The number of nitrogens with one attached hydrogen (secondary N) is 3. The van der Waals surface area contributed by atoms with Crippen molar-refractivity contribution in [1.82, 2.24) is 15.3 Å². The topological polar surface area (TPSA) is 77.8 Å². The van der Waals surface area contributed by atoms with Crippen LogP contribution in [-0.2, 0) is 0 Å². The van der Waals surface area contributed by atoms with Gasteiger partial charge in [0, 0.05) is 39.8 Å². The number of hydrogen-bond donors (Lipinski definition) is 3. The van der Waals surface area contributed by atoms with Crippen LogP contribution in [0, 0.1) is 0 Å². The molecule has 0 saturated carbocycles. The first-order valence-electron chi connectivity index (χ1n) is 7.67. The van der Waals surface area contributed by atoms with Gasteiger partial charge in [-0.3, -0.25) is 9.59 Å². The largest absolute Gasteiger partial charge is 0.360 e. The van der Waals surface area contributed by atoms with Crippen LogP contribution >= 0.6 is 0 Å². The highest BCUT2D eigenvalue weighted by Crippen LogP contribution is 2.19. The van der Waals surface area contributed by atoms with Crippen LogP contribution in [0.15, 0.2) is 60.9 Å². The van der Waals surface area contributed by atoms with E-state index < -0.39 is 0 Å². The van der Waals surface area contributed by atoms with Crippen molar-refractivity contribution in [2.75, 3.05) is 6.54 Å². The van der Waals surface area contributed by atoms with Gasteiger partial charge in [0.05, 0.1) is 12.1 Å². The maximum atomic E-state index is 12.4. The third-order valence-corrected chi connectivity index (χ3v) is 4.13. The molecule has 4 aromatic rings. The number of benzene rings is 2. The van der Waals surface area contributed by atoms with Crippen molar-refractivity contribution in [3.8, 4) is 0 Å². The van der Waals surface area contributed by atoms with Gasteiger partial charge in [-0.2, -0.15) is 0 Å². The number of ketones is 1. The minimum atomic E-state index is -0.263. The van der Waals surface area contributed by atoms with Crippen LogP contribution < -0.4 is 5.32 Å². The first-order valence-corrected chi connectivity index (χ1v) is 7.67. The Labute approximate surface area is 137 Å². The molecule has 3 N–H and O–H groups in total. The fraction of sp³-hybridized carbons (Fsp3) is 0.0526. The Bertz CT molecular complexity index is 973. The van der Waals surface area contributed by atoms with Crippen LogP contribution in [-0.4, -0.2) is 28.2 Å². The highest BCUT2D eigenvalue weighted by Gasteiger charge is 2.15. The molecule has 0 unspecified atom stereocenters. The Morgan fingerprint density at radius 1 is 0.792 bits per heavy atom. The molecule has 0 bridgehead atoms. The van der Waals surface area contributed by atoms with Gasteiger partial charge in [-0.05, 0) is 12.1 Å². The molecule has 4 rings (SSSR count). The van der Waals surface area contributed by atoms with E-state index in [1.54, 1.807) is 12.4 Å². The predicted octanol–water partition coefficient (Wildman–Crippen LogP) is 3.26. The summed E-state index contributed by atoms with van der Waals surface area (Å²) in [7, 11) is 0. The number of rotatable bonds is 4. The van der Waals surface area contributed by atoms with E-state index >= 15 is 0 Å². The number of carbonyl (C=O) groups excluding carboxylic acids is 2. The number of para-hydroxylation sites is 2. The number of fused-ring (bicyclic) bond motifs is 2. The average Bonchev–Trinajstić information content (AvgIpc) is 3.23. The number of aromatic nitrogens is 2. The van der Waals surface area contributed by atoms with Crippen molar-refractivity contribution < 1.29 is 9.59 Å². The summed E-state index contributed by atoms with van der Waals surface area (Å²) in [6.07, 6.45) is 3.35. The fourth-order valence-corrected chi connectivity index (χ4v) is 2.91. The van der Waals surface area contributed by atoms with Crippen molar-refractivity contribution >= 4 is 33.5 Å². The molecule has 0 atom stereocenters. The molecule has 118 valence electrons. The summed E-state index contributed by atoms with van der Waals surface area (Å²) in [6, 6.07) is 15.2. The lowest BCUT2D eigenvalue weighted by Crippen LogP contribution is -2.29. The molecule has 0 aliphatic carbocycles. The highest BCUT2D eigenvalue weighted by atomic mass is 16.2. The molecule has 0 saturated heterocycles. The van der Waals surface area contributed by atoms with E-state index in [4.69, 9.17) is 0 Å². The van der Waals surface area contributed by atoms with Gasteiger partial charge in [-0.15, -0.1) is 0 Å². The van der Waals surface area contributed by atoms with Crippen LogP contribution in [0.25, 0.3) is 21.8 Å². The molecule has 2 aromatic carbocycles. The maximum absolute atomic E-state index is 12.4. The van der Waals surface area contributed by atoms with E-state index in [1.807, 2.05) is 48.5 Å². The van der Waals surface area contributed by atoms with Gasteiger partial charge >= 0.3 is 0 Å². The molecular weight excluding hydrogens is 302 g/mol. The Hall–Kier alpha value is -3.34. The second-order valence-electron chi connectivity index (χ2n) is 5.60. The van der Waals surface area contributed by atoms with Crippen molar-refractivity contribution in [2.24, 2.45) is 0 Å². The molecular formula is C19H15N3O2. The monoisotopic (exact) mass is 317 g/mol. The SMILES string of the molecule is O=C(CNC(=O)c1c[nH]c2ccccc12)c1c[nH]c2ccccc12. The van der Waals surface area contributed by atoms with E-state index in [0.717, 1.165) is 21.8 Å². The minimum absolute atomic E-state index is 0.0415. The van der Waals surface area contributed by atoms with Crippen LogP contribution in [0.5, 0.6) is 0 Å². The van der Waals surface area contributed by atoms with Crippen molar-refractivity contribution in [2.45, 2.75) is 0 Å². The second kappa shape index (κ2) is 5.70. The lowest BCUT2D eigenvalue weighted by molar-refractivity contribution is 0.0906. The summed E-state index contributed by atoms with van der Waals surface area (Å²) in [4.78, 5) is 30.9. The number of H-pyrrole nitrogens is 2. The minimum Gasteiger partial charge on any atom is -0.360 e. The standard InChI is InChI=1S/C19H15N3O2/c23-18(14-9-20-16-7-3-1-5-12(14)16)11-22-19(24)15-10-21-17-8-4-2-6-13(15)17/h1-10,20-21H,11H2,(H,22,24). The van der Waals surface area contributed by atoms with Gasteiger partial charge in [0.15, 0.2) is 5.78 Å². The summed E-state index contributed by atoms with van der Waals surface area (Å²) < 4.78 is 0. The normalized spacial score (nSPS) is 11.0. The van der Waals surface area contributed by atoms with Crippen LogP contribution in [0.3, 0.4) is 0 Å². The smallest absolute Gasteiger partial charge is 0.253 e. The fourth-order valence-electron chi connectivity index (χ4n) is 2.91. The molecule has 1 amide bonds. The van der Waals surface area contributed by atoms with Crippen molar-refractivity contribution in [3.05, 3.63) is 72.1 Å². The third-order valence-electron chi connectivity index (χ3n) is 4.13. The molecule has 0 aliphatic rings. The van der Waals surface area contributed by atoms with Gasteiger partial charge in [0.2, 0.25) is 0 Å². The molecule has 5 heteroatoms. The number of hydrogen-bond acceptors (Lipinski definition) is 2.